The highest BCUT2D eigenvalue weighted by atomic mass is 16.5. The van der Waals surface area contributed by atoms with E-state index in [-0.39, 0.29) is 6.04 Å². The standard InChI is InChI=1S/C23H30N6O/c1-3-30-21-11-9-20(10-12-21)22(28-17-15-27(2)16-18-28)23-24-25-26-29(23)14-13-19-7-5-4-6-8-19/h4-12,22H,3,13-18H2,1-2H3. The molecule has 0 radical (unpaired) electrons. The van der Waals surface area contributed by atoms with Gasteiger partial charge in [0.1, 0.15) is 5.75 Å². The van der Waals surface area contributed by atoms with Gasteiger partial charge in [0.25, 0.3) is 0 Å². The summed E-state index contributed by atoms with van der Waals surface area (Å²) in [6.07, 6.45) is 0.900. The Morgan fingerprint density at radius 2 is 1.70 bits per heavy atom. The van der Waals surface area contributed by atoms with E-state index in [9.17, 15) is 0 Å². The molecule has 0 bridgehead atoms. The van der Waals surface area contributed by atoms with Crippen LogP contribution in [0.5, 0.6) is 5.75 Å². The van der Waals surface area contributed by atoms with E-state index in [1.807, 2.05) is 29.8 Å². The quantitative estimate of drug-likeness (QED) is 0.573. The molecule has 0 spiro atoms. The zero-order valence-corrected chi connectivity index (χ0v) is 17.8. The molecule has 0 N–H and O–H groups in total. The average molecular weight is 407 g/mol. The fraction of sp³-hybridized carbons (Fsp3) is 0.435. The van der Waals surface area contributed by atoms with Gasteiger partial charge in [-0.1, -0.05) is 42.5 Å². The molecule has 1 fully saturated rings. The summed E-state index contributed by atoms with van der Waals surface area (Å²) in [5, 5.41) is 12.8. The molecule has 1 aliphatic heterocycles. The number of hydrogen-bond donors (Lipinski definition) is 0. The molecule has 2 aromatic carbocycles. The van der Waals surface area contributed by atoms with Gasteiger partial charge >= 0.3 is 0 Å². The number of rotatable bonds is 8. The molecule has 1 saturated heterocycles. The Morgan fingerprint density at radius 1 is 0.967 bits per heavy atom. The number of aromatic nitrogens is 4. The van der Waals surface area contributed by atoms with Crippen LogP contribution in [0.15, 0.2) is 54.6 Å². The minimum Gasteiger partial charge on any atom is -0.494 e. The van der Waals surface area contributed by atoms with Crippen LogP contribution < -0.4 is 4.74 Å². The van der Waals surface area contributed by atoms with Crippen molar-refractivity contribution in [3.05, 3.63) is 71.5 Å². The van der Waals surface area contributed by atoms with Crippen molar-refractivity contribution >= 4 is 0 Å². The smallest absolute Gasteiger partial charge is 0.173 e. The molecule has 2 heterocycles. The normalized spacial score (nSPS) is 16.5. The van der Waals surface area contributed by atoms with Crippen LogP contribution in [0, 0.1) is 0 Å². The van der Waals surface area contributed by atoms with Crippen molar-refractivity contribution in [2.45, 2.75) is 25.9 Å². The number of benzene rings is 2. The van der Waals surface area contributed by atoms with Crippen LogP contribution in [-0.4, -0.2) is 69.8 Å². The molecule has 0 saturated carbocycles. The Kier molecular flexibility index (Phi) is 6.71. The molecule has 158 valence electrons. The average Bonchev–Trinajstić information content (AvgIpc) is 3.24. The van der Waals surface area contributed by atoms with Gasteiger partial charge in [0.15, 0.2) is 5.82 Å². The molecule has 1 aliphatic rings. The topological polar surface area (TPSA) is 59.3 Å². The Bertz CT molecular complexity index is 903. The van der Waals surface area contributed by atoms with E-state index in [4.69, 9.17) is 4.74 Å². The lowest BCUT2D eigenvalue weighted by Gasteiger charge is -2.37. The van der Waals surface area contributed by atoms with Gasteiger partial charge in [0.05, 0.1) is 12.6 Å². The first-order valence-corrected chi connectivity index (χ1v) is 10.7. The first-order valence-electron chi connectivity index (χ1n) is 10.7. The fourth-order valence-electron chi connectivity index (χ4n) is 3.96. The van der Waals surface area contributed by atoms with E-state index in [2.05, 4.69) is 68.8 Å². The first kappa shape index (κ1) is 20.5. The van der Waals surface area contributed by atoms with Crippen LogP contribution in [0.25, 0.3) is 0 Å². The summed E-state index contributed by atoms with van der Waals surface area (Å²) in [4.78, 5) is 4.85. The molecule has 4 rings (SSSR count). The summed E-state index contributed by atoms with van der Waals surface area (Å²) in [5.41, 5.74) is 2.48. The predicted octanol–water partition coefficient (Wildman–Crippen LogP) is 2.65. The molecular formula is C23H30N6O. The highest BCUT2D eigenvalue weighted by Crippen LogP contribution is 2.29. The highest BCUT2D eigenvalue weighted by Gasteiger charge is 2.29. The first-order chi connectivity index (χ1) is 14.7. The molecule has 1 aromatic heterocycles. The van der Waals surface area contributed by atoms with E-state index >= 15 is 0 Å². The highest BCUT2D eigenvalue weighted by molar-refractivity contribution is 5.32. The van der Waals surface area contributed by atoms with Crippen molar-refractivity contribution in [3.8, 4) is 5.75 Å². The zero-order chi connectivity index (χ0) is 20.8. The maximum Gasteiger partial charge on any atom is 0.173 e. The lowest BCUT2D eigenvalue weighted by molar-refractivity contribution is 0.121. The minimum atomic E-state index is 0.0279. The number of aryl methyl sites for hydroxylation is 2. The second kappa shape index (κ2) is 9.82. The van der Waals surface area contributed by atoms with E-state index in [1.54, 1.807) is 0 Å². The van der Waals surface area contributed by atoms with Gasteiger partial charge in [0.2, 0.25) is 0 Å². The number of hydrogen-bond acceptors (Lipinski definition) is 6. The Balaban J connectivity index is 1.60. The van der Waals surface area contributed by atoms with Gasteiger partial charge in [-0.3, -0.25) is 4.90 Å². The monoisotopic (exact) mass is 406 g/mol. The molecule has 0 aliphatic carbocycles. The second-order valence-electron chi connectivity index (χ2n) is 7.74. The van der Waals surface area contributed by atoms with Gasteiger partial charge in [-0.2, -0.15) is 0 Å². The molecule has 30 heavy (non-hydrogen) atoms. The van der Waals surface area contributed by atoms with Crippen molar-refractivity contribution in [2.75, 3.05) is 39.8 Å². The SMILES string of the molecule is CCOc1ccc(C(c2nnnn2CCc2ccccc2)N2CCN(C)CC2)cc1. The molecular weight excluding hydrogens is 376 g/mol. The lowest BCUT2D eigenvalue weighted by Crippen LogP contribution is -2.46. The maximum absolute atomic E-state index is 5.64. The predicted molar refractivity (Wildman–Crippen MR) is 116 cm³/mol. The Morgan fingerprint density at radius 3 is 2.40 bits per heavy atom. The summed E-state index contributed by atoms with van der Waals surface area (Å²) in [5.74, 6) is 1.79. The summed E-state index contributed by atoms with van der Waals surface area (Å²) >= 11 is 0. The second-order valence-corrected chi connectivity index (χ2v) is 7.74. The van der Waals surface area contributed by atoms with Crippen molar-refractivity contribution in [3.63, 3.8) is 0 Å². The van der Waals surface area contributed by atoms with Crippen LogP contribution in [0.1, 0.15) is 29.9 Å². The molecule has 0 amide bonds. The van der Waals surface area contributed by atoms with E-state index in [0.29, 0.717) is 6.61 Å². The molecule has 1 atom stereocenters. The maximum atomic E-state index is 5.64. The molecule has 7 nitrogen and oxygen atoms in total. The molecule has 3 aromatic rings. The number of ether oxygens (including phenoxy) is 1. The number of nitrogens with zero attached hydrogens (tertiary/aromatic N) is 6. The van der Waals surface area contributed by atoms with Crippen LogP contribution in [0.3, 0.4) is 0 Å². The largest absolute Gasteiger partial charge is 0.494 e. The van der Waals surface area contributed by atoms with Gasteiger partial charge in [-0.05, 0) is 54.1 Å². The van der Waals surface area contributed by atoms with E-state index in [1.165, 1.54) is 11.1 Å². The van der Waals surface area contributed by atoms with Crippen LogP contribution in [0.4, 0.5) is 0 Å². The van der Waals surface area contributed by atoms with Crippen molar-refractivity contribution in [1.29, 1.82) is 0 Å². The third-order valence-corrected chi connectivity index (χ3v) is 5.67. The summed E-state index contributed by atoms with van der Waals surface area (Å²) < 4.78 is 7.60. The zero-order valence-electron chi connectivity index (χ0n) is 17.8. The molecule has 1 unspecified atom stereocenters. The fourth-order valence-corrected chi connectivity index (χ4v) is 3.96. The van der Waals surface area contributed by atoms with Crippen molar-refractivity contribution in [1.82, 2.24) is 30.0 Å². The van der Waals surface area contributed by atoms with Crippen molar-refractivity contribution in [2.24, 2.45) is 0 Å². The van der Waals surface area contributed by atoms with E-state index < -0.39 is 0 Å². The van der Waals surface area contributed by atoms with E-state index in [0.717, 1.165) is 50.7 Å². The van der Waals surface area contributed by atoms with Gasteiger partial charge in [-0.25, -0.2) is 4.68 Å². The Hall–Kier alpha value is -2.77. The summed E-state index contributed by atoms with van der Waals surface area (Å²) in [7, 11) is 2.17. The summed E-state index contributed by atoms with van der Waals surface area (Å²) in [6, 6.07) is 18.9. The van der Waals surface area contributed by atoms with Gasteiger partial charge in [0, 0.05) is 32.7 Å². The van der Waals surface area contributed by atoms with Gasteiger partial charge < -0.3 is 9.64 Å². The third kappa shape index (κ3) is 4.86. The third-order valence-electron chi connectivity index (χ3n) is 5.67. The summed E-state index contributed by atoms with van der Waals surface area (Å²) in [6.45, 7) is 7.48. The van der Waals surface area contributed by atoms with Crippen LogP contribution >= 0.6 is 0 Å². The van der Waals surface area contributed by atoms with Crippen molar-refractivity contribution < 1.29 is 4.74 Å². The number of tetrazole rings is 1. The van der Waals surface area contributed by atoms with Crippen LogP contribution in [0.2, 0.25) is 0 Å². The Labute approximate surface area is 178 Å². The van der Waals surface area contributed by atoms with Crippen LogP contribution in [-0.2, 0) is 13.0 Å². The number of piperazine rings is 1. The minimum absolute atomic E-state index is 0.0279. The van der Waals surface area contributed by atoms with Gasteiger partial charge in [-0.15, -0.1) is 5.10 Å². The molecule has 7 heteroatoms. The number of likely N-dealkylation sites (N-methyl/N-ethyl adjacent to an activating group) is 1. The lowest BCUT2D eigenvalue weighted by atomic mass is 10.0.